The van der Waals surface area contributed by atoms with E-state index in [1.807, 2.05) is 0 Å². The van der Waals surface area contributed by atoms with E-state index in [4.69, 9.17) is 5.73 Å². The van der Waals surface area contributed by atoms with Crippen LogP contribution >= 0.6 is 0 Å². The Labute approximate surface area is 95.2 Å². The molecule has 3 atom stereocenters. The number of nitrogens with two attached hydrogens (primary N) is 1. The summed E-state index contributed by atoms with van der Waals surface area (Å²) < 4.78 is 0. The molecule has 1 fully saturated rings. The molecule has 1 aliphatic carbocycles. The molecule has 0 aromatic carbocycles. The van der Waals surface area contributed by atoms with Gasteiger partial charge in [0.2, 0.25) is 0 Å². The SMILES string of the molecule is CC(N)CCCN(C)C1CCCCC1C. The Hall–Kier alpha value is -0.0800. The fourth-order valence-corrected chi connectivity index (χ4v) is 2.78. The Morgan fingerprint density at radius 3 is 2.60 bits per heavy atom. The largest absolute Gasteiger partial charge is 0.328 e. The Morgan fingerprint density at radius 1 is 1.33 bits per heavy atom. The summed E-state index contributed by atoms with van der Waals surface area (Å²) in [5.41, 5.74) is 5.77. The second-order valence-electron chi connectivity index (χ2n) is 5.43. The standard InChI is InChI=1S/C13H28N2/c1-11-7-4-5-9-13(11)15(3)10-6-8-12(2)14/h11-13H,4-10,14H2,1-3H3. The molecule has 2 nitrogen and oxygen atoms in total. The lowest BCUT2D eigenvalue weighted by molar-refractivity contribution is 0.137. The lowest BCUT2D eigenvalue weighted by Crippen LogP contribution is -2.39. The van der Waals surface area contributed by atoms with Crippen molar-refractivity contribution in [3.63, 3.8) is 0 Å². The predicted octanol–water partition coefficient (Wildman–Crippen LogP) is 2.62. The number of hydrogen-bond donors (Lipinski definition) is 1. The van der Waals surface area contributed by atoms with Gasteiger partial charge < -0.3 is 10.6 Å². The highest BCUT2D eigenvalue weighted by Crippen LogP contribution is 2.27. The zero-order valence-electron chi connectivity index (χ0n) is 10.7. The van der Waals surface area contributed by atoms with Gasteiger partial charge in [0.1, 0.15) is 0 Å². The van der Waals surface area contributed by atoms with Crippen LogP contribution in [0.5, 0.6) is 0 Å². The van der Waals surface area contributed by atoms with Crippen molar-refractivity contribution in [2.75, 3.05) is 13.6 Å². The van der Waals surface area contributed by atoms with E-state index in [0.717, 1.165) is 18.4 Å². The number of nitrogens with zero attached hydrogens (tertiary/aromatic N) is 1. The number of hydrogen-bond acceptors (Lipinski definition) is 2. The van der Waals surface area contributed by atoms with Gasteiger partial charge >= 0.3 is 0 Å². The third kappa shape index (κ3) is 4.52. The van der Waals surface area contributed by atoms with Gasteiger partial charge in [0, 0.05) is 12.1 Å². The maximum Gasteiger partial charge on any atom is 0.0118 e. The average Bonchev–Trinajstić information content (AvgIpc) is 2.17. The summed E-state index contributed by atoms with van der Waals surface area (Å²) in [6, 6.07) is 1.19. The minimum absolute atomic E-state index is 0.363. The van der Waals surface area contributed by atoms with Crippen molar-refractivity contribution < 1.29 is 0 Å². The summed E-state index contributed by atoms with van der Waals surface area (Å²) in [5, 5.41) is 0. The highest BCUT2D eigenvalue weighted by atomic mass is 15.1. The maximum atomic E-state index is 5.77. The van der Waals surface area contributed by atoms with Crippen LogP contribution in [0.25, 0.3) is 0 Å². The Balaban J connectivity index is 2.22. The first kappa shape index (κ1) is 13.0. The molecule has 0 aromatic rings. The molecule has 0 aromatic heterocycles. The van der Waals surface area contributed by atoms with Gasteiger partial charge in [0.15, 0.2) is 0 Å². The van der Waals surface area contributed by atoms with Crippen molar-refractivity contribution in [2.24, 2.45) is 11.7 Å². The molecular weight excluding hydrogens is 184 g/mol. The molecule has 1 rings (SSSR count). The van der Waals surface area contributed by atoms with Crippen LogP contribution in [0.3, 0.4) is 0 Å². The first-order valence-electron chi connectivity index (χ1n) is 6.57. The molecule has 2 N–H and O–H groups in total. The van der Waals surface area contributed by atoms with E-state index in [1.165, 1.54) is 38.6 Å². The highest BCUT2D eigenvalue weighted by molar-refractivity contribution is 4.79. The third-order valence-corrected chi connectivity index (χ3v) is 3.80. The fourth-order valence-electron chi connectivity index (χ4n) is 2.78. The molecule has 1 saturated carbocycles. The monoisotopic (exact) mass is 212 g/mol. The van der Waals surface area contributed by atoms with E-state index >= 15 is 0 Å². The summed E-state index contributed by atoms with van der Waals surface area (Å²) >= 11 is 0. The van der Waals surface area contributed by atoms with Crippen LogP contribution in [-0.2, 0) is 0 Å². The first-order chi connectivity index (χ1) is 7.11. The number of rotatable bonds is 5. The molecule has 0 saturated heterocycles. The highest BCUT2D eigenvalue weighted by Gasteiger charge is 2.24. The van der Waals surface area contributed by atoms with E-state index in [2.05, 4.69) is 25.8 Å². The van der Waals surface area contributed by atoms with Gasteiger partial charge in [-0.25, -0.2) is 0 Å². The topological polar surface area (TPSA) is 29.3 Å². The molecule has 2 heteroatoms. The van der Waals surface area contributed by atoms with Crippen molar-refractivity contribution in [1.29, 1.82) is 0 Å². The smallest absolute Gasteiger partial charge is 0.0118 e. The van der Waals surface area contributed by atoms with Crippen LogP contribution in [0.15, 0.2) is 0 Å². The Morgan fingerprint density at radius 2 is 2.00 bits per heavy atom. The van der Waals surface area contributed by atoms with Crippen LogP contribution < -0.4 is 5.73 Å². The van der Waals surface area contributed by atoms with Crippen LogP contribution in [0, 0.1) is 5.92 Å². The lowest BCUT2D eigenvalue weighted by Gasteiger charge is -2.36. The zero-order chi connectivity index (χ0) is 11.3. The van der Waals surface area contributed by atoms with Crippen LogP contribution in [0.1, 0.15) is 52.4 Å². The Kier molecular flexibility index (Phi) is 5.62. The van der Waals surface area contributed by atoms with Gasteiger partial charge in [0.05, 0.1) is 0 Å². The quantitative estimate of drug-likeness (QED) is 0.759. The summed E-state index contributed by atoms with van der Waals surface area (Å²) in [6.07, 6.45) is 8.08. The second-order valence-corrected chi connectivity index (χ2v) is 5.43. The maximum absolute atomic E-state index is 5.77. The molecule has 0 radical (unpaired) electrons. The molecule has 15 heavy (non-hydrogen) atoms. The summed E-state index contributed by atoms with van der Waals surface area (Å²) in [5.74, 6) is 0.888. The zero-order valence-corrected chi connectivity index (χ0v) is 10.7. The van der Waals surface area contributed by atoms with Gasteiger partial charge in [0.25, 0.3) is 0 Å². The summed E-state index contributed by atoms with van der Waals surface area (Å²) in [4.78, 5) is 2.56. The summed E-state index contributed by atoms with van der Waals surface area (Å²) in [7, 11) is 2.29. The molecule has 0 amide bonds. The fraction of sp³-hybridized carbons (Fsp3) is 1.00. The van der Waals surface area contributed by atoms with Crippen molar-refractivity contribution in [3.05, 3.63) is 0 Å². The molecule has 0 spiro atoms. The van der Waals surface area contributed by atoms with Gasteiger partial charge in [-0.2, -0.15) is 0 Å². The molecule has 1 aliphatic rings. The molecule has 3 unspecified atom stereocenters. The van der Waals surface area contributed by atoms with E-state index in [1.54, 1.807) is 0 Å². The second kappa shape index (κ2) is 6.49. The van der Waals surface area contributed by atoms with E-state index in [-0.39, 0.29) is 0 Å². The van der Waals surface area contributed by atoms with E-state index in [9.17, 15) is 0 Å². The molecule has 0 heterocycles. The molecule has 0 bridgehead atoms. The average molecular weight is 212 g/mol. The van der Waals surface area contributed by atoms with Crippen molar-refractivity contribution in [3.8, 4) is 0 Å². The Bertz CT molecular complexity index is 168. The van der Waals surface area contributed by atoms with Crippen molar-refractivity contribution in [1.82, 2.24) is 4.90 Å². The van der Waals surface area contributed by atoms with Crippen molar-refractivity contribution in [2.45, 2.75) is 64.5 Å². The first-order valence-corrected chi connectivity index (χ1v) is 6.57. The molecule has 0 aliphatic heterocycles. The van der Waals surface area contributed by atoms with E-state index < -0.39 is 0 Å². The lowest BCUT2D eigenvalue weighted by atomic mass is 9.85. The van der Waals surface area contributed by atoms with Gasteiger partial charge in [-0.3, -0.25) is 0 Å². The van der Waals surface area contributed by atoms with Gasteiger partial charge in [-0.1, -0.05) is 19.8 Å². The van der Waals surface area contributed by atoms with Crippen LogP contribution in [0.2, 0.25) is 0 Å². The minimum Gasteiger partial charge on any atom is -0.328 e. The van der Waals surface area contributed by atoms with Gasteiger partial charge in [-0.05, 0) is 52.1 Å². The normalized spacial score (nSPS) is 29.4. The van der Waals surface area contributed by atoms with Crippen LogP contribution in [0.4, 0.5) is 0 Å². The van der Waals surface area contributed by atoms with Crippen molar-refractivity contribution >= 4 is 0 Å². The van der Waals surface area contributed by atoms with Crippen LogP contribution in [-0.4, -0.2) is 30.6 Å². The molecule has 90 valence electrons. The molecular formula is C13H28N2. The van der Waals surface area contributed by atoms with E-state index in [0.29, 0.717) is 6.04 Å². The third-order valence-electron chi connectivity index (χ3n) is 3.80. The summed E-state index contributed by atoms with van der Waals surface area (Å²) in [6.45, 7) is 5.73. The minimum atomic E-state index is 0.363. The van der Waals surface area contributed by atoms with Gasteiger partial charge in [-0.15, -0.1) is 0 Å². The predicted molar refractivity (Wildman–Crippen MR) is 66.9 cm³/mol.